The summed E-state index contributed by atoms with van der Waals surface area (Å²) >= 11 is 3.38. The summed E-state index contributed by atoms with van der Waals surface area (Å²) in [5.41, 5.74) is 3.28. The molecule has 0 unspecified atom stereocenters. The van der Waals surface area contributed by atoms with Gasteiger partial charge in [0.1, 0.15) is 10.3 Å². The highest BCUT2D eigenvalue weighted by Crippen LogP contribution is 2.44. The van der Waals surface area contributed by atoms with E-state index < -0.39 is 5.67 Å². The summed E-state index contributed by atoms with van der Waals surface area (Å²) in [6.45, 7) is 1.44. The number of imidazole rings is 1. The van der Waals surface area contributed by atoms with Crippen LogP contribution < -0.4 is 5.32 Å². The zero-order valence-electron chi connectivity index (χ0n) is 15.1. The first-order valence-corrected chi connectivity index (χ1v) is 10.0. The highest BCUT2D eigenvalue weighted by Gasteiger charge is 2.45. The number of aromatic nitrogens is 3. The molecule has 1 aliphatic carbocycles. The number of pyridine rings is 2. The van der Waals surface area contributed by atoms with Crippen molar-refractivity contribution >= 4 is 27.3 Å². The van der Waals surface area contributed by atoms with Crippen molar-refractivity contribution in [2.24, 2.45) is 0 Å². The third-order valence-corrected chi connectivity index (χ3v) is 5.83. The quantitative estimate of drug-likeness (QED) is 0.620. The van der Waals surface area contributed by atoms with E-state index in [-0.39, 0.29) is 0 Å². The lowest BCUT2D eigenvalue weighted by Crippen LogP contribution is -2.54. The molecule has 0 spiro atoms. The molecule has 0 bridgehead atoms. The van der Waals surface area contributed by atoms with E-state index in [1.54, 1.807) is 6.20 Å². The summed E-state index contributed by atoms with van der Waals surface area (Å²) in [6, 6.07) is 5.90. The Morgan fingerprint density at radius 1 is 1.30 bits per heavy atom. The number of alkyl halides is 1. The molecule has 3 aromatic rings. The van der Waals surface area contributed by atoms with E-state index in [0.29, 0.717) is 25.6 Å². The topological polar surface area (TPSA) is 45.5 Å². The van der Waals surface area contributed by atoms with Crippen LogP contribution in [0.25, 0.3) is 5.65 Å². The van der Waals surface area contributed by atoms with Crippen LogP contribution in [0.3, 0.4) is 0 Å². The Balaban J connectivity index is 1.48. The third kappa shape index (κ3) is 3.23. The van der Waals surface area contributed by atoms with Crippen molar-refractivity contribution in [2.75, 3.05) is 25.5 Å². The number of halogens is 2. The van der Waals surface area contributed by atoms with Gasteiger partial charge in [-0.3, -0.25) is 4.90 Å². The second kappa shape index (κ2) is 6.27. The molecular weight excluding hydrogens is 409 g/mol. The molecule has 0 atom stereocenters. The van der Waals surface area contributed by atoms with Crippen LogP contribution in [0.1, 0.15) is 35.6 Å². The van der Waals surface area contributed by atoms with Gasteiger partial charge in [-0.2, -0.15) is 0 Å². The second-order valence-corrected chi connectivity index (χ2v) is 8.60. The molecule has 2 aliphatic rings. The van der Waals surface area contributed by atoms with Gasteiger partial charge in [0.25, 0.3) is 0 Å². The number of likely N-dealkylation sites (N-methyl/N-ethyl adjacent to an activating group) is 1. The van der Waals surface area contributed by atoms with Crippen LogP contribution in [0.15, 0.2) is 41.4 Å². The van der Waals surface area contributed by atoms with Crippen LogP contribution in [-0.2, 0) is 12.2 Å². The van der Waals surface area contributed by atoms with Crippen molar-refractivity contribution in [1.29, 1.82) is 0 Å². The maximum Gasteiger partial charge on any atom is 0.164 e. The van der Waals surface area contributed by atoms with Gasteiger partial charge in [0, 0.05) is 42.9 Å². The number of fused-ring (bicyclic) bond motifs is 1. The summed E-state index contributed by atoms with van der Waals surface area (Å²) in [5, 5.41) is 3.36. The fourth-order valence-electron chi connectivity index (χ4n) is 3.91. The van der Waals surface area contributed by atoms with Crippen molar-refractivity contribution in [3.63, 3.8) is 0 Å². The van der Waals surface area contributed by atoms with Crippen molar-refractivity contribution in [3.8, 4) is 0 Å². The van der Waals surface area contributed by atoms with Crippen LogP contribution in [0.4, 0.5) is 10.1 Å². The molecular formula is C20H21BrFN5. The van der Waals surface area contributed by atoms with Gasteiger partial charge in [0.15, 0.2) is 5.67 Å². The fraction of sp³-hybridized carbons (Fsp3) is 0.400. The van der Waals surface area contributed by atoms with E-state index in [0.717, 1.165) is 27.2 Å². The van der Waals surface area contributed by atoms with Gasteiger partial charge in [-0.15, -0.1) is 0 Å². The third-order valence-electron chi connectivity index (χ3n) is 5.39. The molecule has 1 saturated heterocycles. The summed E-state index contributed by atoms with van der Waals surface area (Å²) in [5.74, 6) is 0.577. The van der Waals surface area contributed by atoms with Gasteiger partial charge < -0.3 is 9.72 Å². The molecule has 0 amide bonds. The first-order valence-electron chi connectivity index (χ1n) is 9.25. The van der Waals surface area contributed by atoms with Crippen LogP contribution in [0, 0.1) is 0 Å². The Bertz CT molecular complexity index is 1010. The number of nitrogens with zero attached hydrogens (tertiary/aromatic N) is 4. The average Bonchev–Trinajstić information content (AvgIpc) is 3.37. The van der Waals surface area contributed by atoms with Gasteiger partial charge in [0.05, 0.1) is 12.2 Å². The Morgan fingerprint density at radius 2 is 2.11 bits per heavy atom. The van der Waals surface area contributed by atoms with Crippen molar-refractivity contribution in [1.82, 2.24) is 19.3 Å². The number of hydrogen-bond acceptors (Lipinski definition) is 4. The van der Waals surface area contributed by atoms with Gasteiger partial charge >= 0.3 is 0 Å². The number of nitrogens with one attached hydrogen (secondary N) is 1. The minimum Gasteiger partial charge on any atom is -0.379 e. The molecule has 27 heavy (non-hydrogen) atoms. The molecule has 0 radical (unpaired) electrons. The highest BCUT2D eigenvalue weighted by atomic mass is 79.9. The minimum absolute atomic E-state index is 0.433. The van der Waals surface area contributed by atoms with Crippen molar-refractivity contribution < 1.29 is 4.39 Å². The first-order chi connectivity index (χ1) is 13.0. The lowest BCUT2D eigenvalue weighted by molar-refractivity contribution is -0.0187. The summed E-state index contributed by atoms with van der Waals surface area (Å²) < 4.78 is 18.3. The number of rotatable bonds is 5. The standard InChI is InChI=1S/C20H21BrFN5/c1-26-11-20(22,12-26)17-6-14(13-2-3-13)9-27-10-16(25-19(17)27)8-24-15-4-5-23-18(21)7-15/h4-7,9-10,13H,2-3,8,11-12H2,1H3,(H,23,24). The summed E-state index contributed by atoms with van der Waals surface area (Å²) in [6.07, 6.45) is 8.28. The normalized spacial score (nSPS) is 19.2. The summed E-state index contributed by atoms with van der Waals surface area (Å²) in [7, 11) is 1.95. The predicted molar refractivity (Wildman–Crippen MR) is 107 cm³/mol. The highest BCUT2D eigenvalue weighted by molar-refractivity contribution is 9.10. The molecule has 4 heterocycles. The van der Waals surface area contributed by atoms with E-state index >= 15 is 4.39 Å². The minimum atomic E-state index is -1.30. The van der Waals surface area contributed by atoms with Crippen LogP contribution in [0.2, 0.25) is 0 Å². The molecule has 2 fully saturated rings. The molecule has 1 N–H and O–H groups in total. The molecule has 0 aromatic carbocycles. The molecule has 1 saturated carbocycles. The molecule has 5 rings (SSSR count). The zero-order valence-corrected chi connectivity index (χ0v) is 16.7. The Kier molecular flexibility index (Phi) is 3.98. The maximum atomic E-state index is 15.5. The predicted octanol–water partition coefficient (Wildman–Crippen LogP) is 4.09. The SMILES string of the molecule is CN1CC(F)(c2cc(C3CC3)cn3cc(CNc4ccnc(Br)c4)nc23)C1. The number of anilines is 1. The van der Waals surface area contributed by atoms with Gasteiger partial charge in [-0.1, -0.05) is 0 Å². The van der Waals surface area contributed by atoms with E-state index in [4.69, 9.17) is 4.98 Å². The van der Waals surface area contributed by atoms with Crippen molar-refractivity contribution in [2.45, 2.75) is 31.0 Å². The van der Waals surface area contributed by atoms with Crippen LogP contribution >= 0.6 is 15.9 Å². The van der Waals surface area contributed by atoms with E-state index in [1.165, 1.54) is 18.4 Å². The molecule has 5 nitrogen and oxygen atoms in total. The smallest absolute Gasteiger partial charge is 0.164 e. The Morgan fingerprint density at radius 3 is 2.81 bits per heavy atom. The van der Waals surface area contributed by atoms with Crippen LogP contribution in [-0.4, -0.2) is 39.4 Å². The Hall–Kier alpha value is -1.99. The lowest BCUT2D eigenvalue weighted by atomic mass is 9.88. The monoisotopic (exact) mass is 429 g/mol. The van der Waals surface area contributed by atoms with Gasteiger partial charge in [-0.25, -0.2) is 14.4 Å². The van der Waals surface area contributed by atoms with E-state index in [1.807, 2.05) is 34.7 Å². The van der Waals surface area contributed by atoms with Crippen LogP contribution in [0.5, 0.6) is 0 Å². The van der Waals surface area contributed by atoms with Gasteiger partial charge in [-0.05, 0) is 65.5 Å². The lowest BCUT2D eigenvalue weighted by Gasteiger charge is -2.42. The molecule has 7 heteroatoms. The van der Waals surface area contributed by atoms with E-state index in [9.17, 15) is 0 Å². The average molecular weight is 430 g/mol. The molecule has 140 valence electrons. The largest absolute Gasteiger partial charge is 0.379 e. The first kappa shape index (κ1) is 17.1. The second-order valence-electron chi connectivity index (χ2n) is 7.78. The molecule has 3 aromatic heterocycles. The maximum absolute atomic E-state index is 15.5. The number of hydrogen-bond donors (Lipinski definition) is 1. The fourth-order valence-corrected chi connectivity index (χ4v) is 4.28. The number of likely N-dealkylation sites (tertiary alicyclic amines) is 1. The van der Waals surface area contributed by atoms with Crippen molar-refractivity contribution in [3.05, 3.63) is 58.2 Å². The zero-order chi connectivity index (χ0) is 18.6. The van der Waals surface area contributed by atoms with Gasteiger partial charge in [0.2, 0.25) is 0 Å². The molecule has 1 aliphatic heterocycles. The van der Waals surface area contributed by atoms with E-state index in [2.05, 4.69) is 38.5 Å². The Labute approximate surface area is 165 Å². The summed E-state index contributed by atoms with van der Waals surface area (Å²) in [4.78, 5) is 10.9.